The summed E-state index contributed by atoms with van der Waals surface area (Å²) < 4.78 is 19.6. The highest BCUT2D eigenvalue weighted by Gasteiger charge is 2.21. The maximum atomic E-state index is 14.2. The molecule has 2 aromatic rings. The van der Waals surface area contributed by atoms with Gasteiger partial charge in [0.15, 0.2) is 0 Å². The molecule has 112 valence electrons. The largest absolute Gasteiger partial charge is 0.496 e. The molecule has 0 radical (unpaired) electrons. The van der Waals surface area contributed by atoms with Gasteiger partial charge in [-0.05, 0) is 30.8 Å². The van der Waals surface area contributed by atoms with Gasteiger partial charge in [-0.1, -0.05) is 42.3 Å². The minimum atomic E-state index is -0.356. The Bertz CT molecular complexity index is 634. The molecular formula is C16H16Cl2FNO. The van der Waals surface area contributed by atoms with E-state index in [9.17, 15) is 4.39 Å². The molecule has 0 fully saturated rings. The van der Waals surface area contributed by atoms with Gasteiger partial charge < -0.3 is 10.1 Å². The van der Waals surface area contributed by atoms with Crippen molar-refractivity contribution in [3.63, 3.8) is 0 Å². The lowest BCUT2D eigenvalue weighted by Crippen LogP contribution is -2.23. The molecule has 0 aliphatic carbocycles. The zero-order valence-corrected chi connectivity index (χ0v) is 13.3. The summed E-state index contributed by atoms with van der Waals surface area (Å²) >= 11 is 11.8. The molecule has 0 heterocycles. The van der Waals surface area contributed by atoms with Gasteiger partial charge in [0.25, 0.3) is 0 Å². The first-order valence-electron chi connectivity index (χ1n) is 6.58. The average Bonchev–Trinajstić information content (AvgIpc) is 2.45. The molecule has 0 amide bonds. The third-order valence-electron chi connectivity index (χ3n) is 3.19. The smallest absolute Gasteiger partial charge is 0.129 e. The van der Waals surface area contributed by atoms with Crippen LogP contribution in [0.25, 0.3) is 0 Å². The van der Waals surface area contributed by atoms with Gasteiger partial charge in [0.2, 0.25) is 0 Å². The van der Waals surface area contributed by atoms with E-state index in [1.807, 2.05) is 13.0 Å². The summed E-state index contributed by atoms with van der Waals surface area (Å²) in [5, 5.41) is 4.21. The number of ether oxygens (including phenoxy) is 1. The van der Waals surface area contributed by atoms with Crippen molar-refractivity contribution < 1.29 is 9.13 Å². The van der Waals surface area contributed by atoms with Gasteiger partial charge in [-0.15, -0.1) is 0 Å². The van der Waals surface area contributed by atoms with Crippen molar-refractivity contribution in [2.75, 3.05) is 13.7 Å². The van der Waals surface area contributed by atoms with Crippen molar-refractivity contribution in [1.29, 1.82) is 0 Å². The summed E-state index contributed by atoms with van der Waals surface area (Å²) in [4.78, 5) is 0. The number of hydrogen-bond acceptors (Lipinski definition) is 2. The second-order valence-corrected chi connectivity index (χ2v) is 5.42. The minimum Gasteiger partial charge on any atom is -0.496 e. The molecule has 21 heavy (non-hydrogen) atoms. The minimum absolute atomic E-state index is 0.334. The number of hydrogen-bond donors (Lipinski definition) is 1. The van der Waals surface area contributed by atoms with Crippen LogP contribution in [0.3, 0.4) is 0 Å². The molecule has 2 nitrogen and oxygen atoms in total. The zero-order valence-electron chi connectivity index (χ0n) is 11.8. The van der Waals surface area contributed by atoms with Crippen LogP contribution in [-0.4, -0.2) is 13.7 Å². The molecule has 2 rings (SSSR count). The lowest BCUT2D eigenvalue weighted by molar-refractivity contribution is 0.403. The number of halogens is 3. The van der Waals surface area contributed by atoms with Gasteiger partial charge >= 0.3 is 0 Å². The molecule has 1 N–H and O–H groups in total. The van der Waals surface area contributed by atoms with Gasteiger partial charge in [-0.25, -0.2) is 4.39 Å². The SMILES string of the molecule is CCNC(c1ccc(Cl)cc1F)c1ccc(Cl)cc1OC. The molecule has 0 aliphatic heterocycles. The topological polar surface area (TPSA) is 21.3 Å². The molecular weight excluding hydrogens is 312 g/mol. The van der Waals surface area contributed by atoms with Crippen molar-refractivity contribution in [1.82, 2.24) is 5.32 Å². The van der Waals surface area contributed by atoms with Crippen LogP contribution in [0.5, 0.6) is 5.75 Å². The first-order valence-corrected chi connectivity index (χ1v) is 7.34. The fourth-order valence-electron chi connectivity index (χ4n) is 2.25. The van der Waals surface area contributed by atoms with Gasteiger partial charge in [0.05, 0.1) is 13.2 Å². The summed E-state index contributed by atoms with van der Waals surface area (Å²) in [6.45, 7) is 2.64. The predicted octanol–water partition coefficient (Wildman–Crippen LogP) is 4.84. The predicted molar refractivity (Wildman–Crippen MR) is 84.9 cm³/mol. The molecule has 0 spiro atoms. The van der Waals surface area contributed by atoms with Crippen LogP contribution >= 0.6 is 23.2 Å². The number of methoxy groups -OCH3 is 1. The molecule has 0 aromatic heterocycles. The Kier molecular flexibility index (Phi) is 5.45. The highest BCUT2D eigenvalue weighted by atomic mass is 35.5. The van der Waals surface area contributed by atoms with E-state index in [2.05, 4.69) is 5.32 Å². The highest BCUT2D eigenvalue weighted by molar-refractivity contribution is 6.31. The summed E-state index contributed by atoms with van der Waals surface area (Å²) in [6.07, 6.45) is 0. The van der Waals surface area contributed by atoms with Gasteiger partial charge in [0.1, 0.15) is 11.6 Å². The molecule has 1 atom stereocenters. The van der Waals surface area contributed by atoms with Crippen molar-refractivity contribution in [3.05, 3.63) is 63.4 Å². The molecule has 0 saturated carbocycles. The summed E-state index contributed by atoms with van der Waals surface area (Å²) in [5.41, 5.74) is 1.34. The molecule has 2 aromatic carbocycles. The molecule has 0 aliphatic rings. The van der Waals surface area contributed by atoms with Crippen molar-refractivity contribution in [2.24, 2.45) is 0 Å². The lowest BCUT2D eigenvalue weighted by atomic mass is 9.97. The fraction of sp³-hybridized carbons (Fsp3) is 0.250. The van der Waals surface area contributed by atoms with Gasteiger partial charge in [0, 0.05) is 21.2 Å². The van der Waals surface area contributed by atoms with E-state index in [4.69, 9.17) is 27.9 Å². The van der Waals surface area contributed by atoms with E-state index in [0.29, 0.717) is 27.9 Å². The Morgan fingerprint density at radius 2 is 1.71 bits per heavy atom. The number of nitrogens with one attached hydrogen (secondary N) is 1. The van der Waals surface area contributed by atoms with E-state index in [-0.39, 0.29) is 11.9 Å². The Labute approximate surface area is 133 Å². The fourth-order valence-corrected chi connectivity index (χ4v) is 2.57. The van der Waals surface area contributed by atoms with Crippen LogP contribution < -0.4 is 10.1 Å². The Balaban J connectivity index is 2.53. The van der Waals surface area contributed by atoms with Gasteiger partial charge in [-0.3, -0.25) is 0 Å². The monoisotopic (exact) mass is 327 g/mol. The second kappa shape index (κ2) is 7.12. The van der Waals surface area contributed by atoms with Crippen LogP contribution in [0.2, 0.25) is 10.0 Å². The van der Waals surface area contributed by atoms with E-state index in [1.54, 1.807) is 31.4 Å². The van der Waals surface area contributed by atoms with Crippen LogP contribution in [0, 0.1) is 5.82 Å². The third-order valence-corrected chi connectivity index (χ3v) is 3.66. The van der Waals surface area contributed by atoms with Crippen LogP contribution in [0.4, 0.5) is 4.39 Å². The average molecular weight is 328 g/mol. The van der Waals surface area contributed by atoms with E-state index < -0.39 is 0 Å². The Morgan fingerprint density at radius 3 is 2.29 bits per heavy atom. The molecule has 0 saturated heterocycles. The summed E-state index contributed by atoms with van der Waals surface area (Å²) in [5.74, 6) is 0.258. The van der Waals surface area contributed by atoms with Crippen LogP contribution in [-0.2, 0) is 0 Å². The van der Waals surface area contributed by atoms with E-state index in [1.165, 1.54) is 6.07 Å². The summed E-state index contributed by atoms with van der Waals surface area (Å²) in [6, 6.07) is 9.64. The Morgan fingerprint density at radius 1 is 1.10 bits per heavy atom. The van der Waals surface area contributed by atoms with Gasteiger partial charge in [-0.2, -0.15) is 0 Å². The maximum absolute atomic E-state index is 14.2. The molecule has 5 heteroatoms. The summed E-state index contributed by atoms with van der Waals surface area (Å²) in [7, 11) is 1.57. The molecule has 0 bridgehead atoms. The zero-order chi connectivity index (χ0) is 15.4. The molecule has 1 unspecified atom stereocenters. The quantitative estimate of drug-likeness (QED) is 0.848. The first kappa shape index (κ1) is 16.1. The van der Waals surface area contributed by atoms with Crippen molar-refractivity contribution >= 4 is 23.2 Å². The normalized spacial score (nSPS) is 12.2. The van der Waals surface area contributed by atoms with E-state index >= 15 is 0 Å². The lowest BCUT2D eigenvalue weighted by Gasteiger charge is -2.22. The van der Waals surface area contributed by atoms with E-state index in [0.717, 1.165) is 5.56 Å². The first-order chi connectivity index (χ1) is 10.1. The number of rotatable bonds is 5. The number of benzene rings is 2. The second-order valence-electron chi connectivity index (χ2n) is 4.54. The standard InChI is InChI=1S/C16H16Cl2FNO/c1-3-20-16(12-6-4-10(17)8-14(12)19)13-7-5-11(18)9-15(13)21-2/h4-9,16,20H,3H2,1-2H3. The van der Waals surface area contributed by atoms with Crippen molar-refractivity contribution in [2.45, 2.75) is 13.0 Å². The Hall–Kier alpha value is -1.29. The highest BCUT2D eigenvalue weighted by Crippen LogP contribution is 2.33. The third kappa shape index (κ3) is 3.67. The maximum Gasteiger partial charge on any atom is 0.129 e. The van der Waals surface area contributed by atoms with Crippen LogP contribution in [0.15, 0.2) is 36.4 Å². The van der Waals surface area contributed by atoms with Crippen LogP contribution in [0.1, 0.15) is 24.1 Å². The van der Waals surface area contributed by atoms with Crippen molar-refractivity contribution in [3.8, 4) is 5.75 Å².